The third kappa shape index (κ3) is 24.2. The second-order valence-electron chi connectivity index (χ2n) is 19.0. The number of aliphatic hydroxyl groups is 1. The first-order chi connectivity index (χ1) is 32.3. The van der Waals surface area contributed by atoms with Gasteiger partial charge in [-0.2, -0.15) is 0 Å². The number of nitrogens with one attached hydrogen (secondary N) is 8. The van der Waals surface area contributed by atoms with Crippen LogP contribution >= 0.6 is 0 Å². The molecule has 0 aliphatic heterocycles. The number of carbonyl (C=O) groups excluding carboxylic acids is 9. The minimum absolute atomic E-state index is 0.0199. The van der Waals surface area contributed by atoms with Crippen molar-refractivity contribution in [2.75, 3.05) is 6.61 Å². The number of amides is 9. The van der Waals surface area contributed by atoms with Gasteiger partial charge in [0.05, 0.1) is 25.5 Å². The van der Waals surface area contributed by atoms with Crippen LogP contribution in [0.25, 0.3) is 0 Å². The predicted octanol–water partition coefficient (Wildman–Crippen LogP) is -3.07. The van der Waals surface area contributed by atoms with E-state index in [0.717, 1.165) is 0 Å². The molecule has 398 valence electrons. The number of nitrogens with two attached hydrogens (primary N) is 2. The highest BCUT2D eigenvalue weighted by Crippen LogP contribution is 2.13. The van der Waals surface area contributed by atoms with Crippen LogP contribution in [0.4, 0.5) is 0 Å². The molecule has 26 nitrogen and oxygen atoms in total. The topological polar surface area (TPSA) is 434 Å². The van der Waals surface area contributed by atoms with Crippen LogP contribution in [0.3, 0.4) is 0 Å². The number of primary amides is 1. The Bertz CT molecular complexity index is 1860. The van der Waals surface area contributed by atoms with Gasteiger partial charge in [0, 0.05) is 6.42 Å². The summed E-state index contributed by atoms with van der Waals surface area (Å²) in [5.41, 5.74) is 11.0. The zero-order valence-corrected chi connectivity index (χ0v) is 41.6. The second-order valence-corrected chi connectivity index (χ2v) is 19.0. The zero-order chi connectivity index (χ0) is 54.3. The molecule has 0 rings (SSSR count). The Morgan fingerprint density at radius 1 is 0.414 bits per heavy atom. The molecule has 16 N–H and O–H groups in total. The van der Waals surface area contributed by atoms with Gasteiger partial charge in [-0.15, -0.1) is 0 Å². The van der Waals surface area contributed by atoms with Crippen molar-refractivity contribution < 1.29 is 78.0 Å². The molecule has 0 heterocycles. The summed E-state index contributed by atoms with van der Waals surface area (Å²) < 4.78 is 0. The number of aliphatic carboxylic acids is 3. The number of carboxylic acids is 3. The Balaban J connectivity index is 6.45. The van der Waals surface area contributed by atoms with Crippen LogP contribution < -0.4 is 54.0 Å². The quantitative estimate of drug-likeness (QED) is 0.0310. The fourth-order valence-corrected chi connectivity index (χ4v) is 6.72. The van der Waals surface area contributed by atoms with Crippen molar-refractivity contribution in [2.45, 2.75) is 169 Å². The highest BCUT2D eigenvalue weighted by atomic mass is 16.4. The number of rotatable bonds is 33. The smallest absolute Gasteiger partial charge is 0.326 e. The molecule has 0 aromatic carbocycles. The van der Waals surface area contributed by atoms with E-state index in [9.17, 15) is 72.9 Å². The standard InChI is InChI=1S/C44H76N10O16/c1-19(2)13-26(39(64)51-29(44(69)70)15-21(5)6)48-40(65)28(17-31(46)56)50-43(68)35(23(9)10)54-41(66)30(18-55)52-37(62)25(11-12-32(57)58)47-38(63)27(14-20(3)4)49-42(67)34(22(7)8)53-36(61)24(45)16-33(59)60/h19-30,34-35,55H,11-18,45H2,1-10H3,(H2,46,56)(H,47,63)(H,48,65)(H,49,67)(H,50,68)(H,51,64)(H,52,62)(H,53,61)(H,54,66)(H,57,58)(H,59,60)(H,69,70)/t24-,25-,26-,27-,28-,29-,30-,34-,35-/m0/s1. The van der Waals surface area contributed by atoms with E-state index in [4.69, 9.17) is 16.6 Å². The van der Waals surface area contributed by atoms with Gasteiger partial charge in [-0.25, -0.2) is 4.79 Å². The Morgan fingerprint density at radius 3 is 1.14 bits per heavy atom. The maximum absolute atomic E-state index is 13.7. The molecule has 0 bridgehead atoms. The van der Waals surface area contributed by atoms with Crippen LogP contribution in [-0.2, 0) is 57.5 Å². The van der Waals surface area contributed by atoms with Crippen LogP contribution in [0.5, 0.6) is 0 Å². The fraction of sp³-hybridized carbons (Fsp3) is 0.727. The summed E-state index contributed by atoms with van der Waals surface area (Å²) in [5.74, 6) is -15.1. The molecule has 9 atom stereocenters. The van der Waals surface area contributed by atoms with E-state index < -0.39 is 170 Å². The van der Waals surface area contributed by atoms with Crippen molar-refractivity contribution >= 4 is 71.1 Å². The van der Waals surface area contributed by atoms with Crippen molar-refractivity contribution in [3.8, 4) is 0 Å². The van der Waals surface area contributed by atoms with Crippen LogP contribution in [0.2, 0.25) is 0 Å². The van der Waals surface area contributed by atoms with E-state index in [2.05, 4.69) is 42.5 Å². The van der Waals surface area contributed by atoms with Gasteiger partial charge >= 0.3 is 17.9 Å². The molecule has 0 spiro atoms. The maximum Gasteiger partial charge on any atom is 0.326 e. The maximum atomic E-state index is 13.7. The lowest BCUT2D eigenvalue weighted by Crippen LogP contribution is -2.62. The Morgan fingerprint density at radius 2 is 0.757 bits per heavy atom. The molecule has 0 aromatic heterocycles. The Hall–Kier alpha value is -6.44. The molecule has 0 aliphatic carbocycles. The van der Waals surface area contributed by atoms with Crippen molar-refractivity contribution in [1.29, 1.82) is 0 Å². The molecule has 26 heteroatoms. The summed E-state index contributed by atoms with van der Waals surface area (Å²) in [5, 5.41) is 57.3. The molecule has 0 aliphatic rings. The van der Waals surface area contributed by atoms with Gasteiger partial charge in [0.25, 0.3) is 0 Å². The van der Waals surface area contributed by atoms with Gasteiger partial charge < -0.3 is 74.4 Å². The van der Waals surface area contributed by atoms with E-state index in [0.29, 0.717) is 0 Å². The average Bonchev–Trinajstić information content (AvgIpc) is 3.22. The lowest BCUT2D eigenvalue weighted by molar-refractivity contribution is -0.143. The monoisotopic (exact) mass is 1000 g/mol. The highest BCUT2D eigenvalue weighted by molar-refractivity contribution is 5.99. The van der Waals surface area contributed by atoms with Gasteiger partial charge in [-0.3, -0.25) is 52.7 Å². The van der Waals surface area contributed by atoms with Crippen LogP contribution in [-0.4, -0.2) is 152 Å². The average molecular weight is 1000 g/mol. The molecule has 70 heavy (non-hydrogen) atoms. The normalized spacial score (nSPS) is 15.2. The van der Waals surface area contributed by atoms with E-state index in [1.165, 1.54) is 13.8 Å². The van der Waals surface area contributed by atoms with Gasteiger partial charge in [0.1, 0.15) is 48.3 Å². The summed E-state index contributed by atoms with van der Waals surface area (Å²) in [6.07, 6.45) is -2.70. The Kier molecular flexibility index (Phi) is 28.1. The number of aliphatic hydroxyl groups excluding tert-OH is 1. The largest absolute Gasteiger partial charge is 0.481 e. The third-order valence-corrected chi connectivity index (χ3v) is 10.4. The van der Waals surface area contributed by atoms with E-state index in [1.54, 1.807) is 55.4 Å². The summed E-state index contributed by atoms with van der Waals surface area (Å²) in [6.45, 7) is 15.4. The zero-order valence-electron chi connectivity index (χ0n) is 41.6. The molecule has 0 unspecified atom stereocenters. The van der Waals surface area contributed by atoms with Gasteiger partial charge in [0.15, 0.2) is 0 Å². The predicted molar refractivity (Wildman–Crippen MR) is 249 cm³/mol. The molecule has 0 fully saturated rings. The number of hydrogen-bond acceptors (Lipinski definition) is 14. The molecule has 0 saturated heterocycles. The van der Waals surface area contributed by atoms with Gasteiger partial charge in [0.2, 0.25) is 53.2 Å². The van der Waals surface area contributed by atoms with Crippen molar-refractivity contribution in [3.05, 3.63) is 0 Å². The minimum atomic E-state index is -1.84. The van der Waals surface area contributed by atoms with E-state index in [-0.39, 0.29) is 37.0 Å². The van der Waals surface area contributed by atoms with Crippen molar-refractivity contribution in [2.24, 2.45) is 41.1 Å². The molecule has 0 radical (unpaired) electrons. The molecule has 9 amide bonds. The number of carbonyl (C=O) groups is 12. The fourth-order valence-electron chi connectivity index (χ4n) is 6.72. The van der Waals surface area contributed by atoms with Crippen molar-refractivity contribution in [3.63, 3.8) is 0 Å². The summed E-state index contributed by atoms with van der Waals surface area (Å²) in [4.78, 5) is 154. The number of carboxylic acid groups (broad SMARTS) is 3. The molecule has 0 aromatic rings. The first-order valence-corrected chi connectivity index (χ1v) is 23.0. The lowest BCUT2D eigenvalue weighted by Gasteiger charge is -2.29. The SMILES string of the molecule is CC(C)C[C@H](NC(=O)[C@H](CC(C)C)NC(=O)[C@H](CC(N)=O)NC(=O)[C@@H](NC(=O)[C@H](CO)NC(=O)[C@H](CCC(=O)O)NC(=O)[C@H](CC(C)C)NC(=O)[C@@H](NC(=O)[C@@H](N)CC(=O)O)C(C)C)C(C)C)C(=O)O. The van der Waals surface area contributed by atoms with E-state index >= 15 is 0 Å². The summed E-state index contributed by atoms with van der Waals surface area (Å²) >= 11 is 0. The van der Waals surface area contributed by atoms with Gasteiger partial charge in [-0.1, -0.05) is 69.2 Å². The molecular weight excluding hydrogens is 925 g/mol. The number of hydrogen-bond donors (Lipinski definition) is 14. The van der Waals surface area contributed by atoms with Crippen LogP contribution in [0, 0.1) is 29.6 Å². The molecule has 0 saturated carbocycles. The van der Waals surface area contributed by atoms with Crippen molar-refractivity contribution in [1.82, 2.24) is 42.5 Å². The third-order valence-electron chi connectivity index (χ3n) is 10.4. The Labute approximate surface area is 407 Å². The second kappa shape index (κ2) is 30.9. The highest BCUT2D eigenvalue weighted by Gasteiger charge is 2.37. The first-order valence-electron chi connectivity index (χ1n) is 23.0. The minimum Gasteiger partial charge on any atom is -0.481 e. The summed E-state index contributed by atoms with van der Waals surface area (Å²) in [7, 11) is 0. The lowest BCUT2D eigenvalue weighted by atomic mass is 9.99. The van der Waals surface area contributed by atoms with Crippen LogP contribution in [0.1, 0.15) is 114 Å². The molecular formula is C44H76N10O16. The van der Waals surface area contributed by atoms with E-state index in [1.807, 2.05) is 0 Å². The van der Waals surface area contributed by atoms with Crippen LogP contribution in [0.15, 0.2) is 0 Å². The first kappa shape index (κ1) is 63.6. The summed E-state index contributed by atoms with van der Waals surface area (Å²) in [6, 6.07) is -13.6. The van der Waals surface area contributed by atoms with Gasteiger partial charge in [-0.05, 0) is 55.3 Å².